The summed E-state index contributed by atoms with van der Waals surface area (Å²) < 4.78 is 29.9. The first-order valence-corrected chi connectivity index (χ1v) is 11.3. The van der Waals surface area contributed by atoms with Crippen molar-refractivity contribution in [3.05, 3.63) is 49.7 Å². The van der Waals surface area contributed by atoms with Gasteiger partial charge in [0, 0.05) is 4.88 Å². The highest BCUT2D eigenvalue weighted by molar-refractivity contribution is 7.89. The molecule has 0 saturated heterocycles. The smallest absolute Gasteiger partial charge is 0.293 e. The minimum Gasteiger partial charge on any atom is -0.497 e. The van der Waals surface area contributed by atoms with Crippen molar-refractivity contribution in [2.75, 3.05) is 7.11 Å². The van der Waals surface area contributed by atoms with Crippen molar-refractivity contribution in [1.82, 2.24) is 10.3 Å². The highest BCUT2D eigenvalue weighted by Gasteiger charge is 2.28. The number of hydrazine groups is 1. The standard InChI is InChI=1S/C18H21N3O6S2/c1-3-11-4-6-15-12(8-11)9-16(28-15)18(22)19-20-29(25,26)17-7-5-13(27-2)10-14(17)21(23)24/h5,7,9-11,20H,3-4,6,8H2,1-2H3,(H,19,22). The minimum absolute atomic E-state index is 0.147. The summed E-state index contributed by atoms with van der Waals surface area (Å²) in [7, 11) is -3.04. The number of sulfonamides is 1. The van der Waals surface area contributed by atoms with E-state index in [1.165, 1.54) is 24.5 Å². The van der Waals surface area contributed by atoms with Crippen LogP contribution in [0.2, 0.25) is 0 Å². The number of nitrogens with one attached hydrogen (secondary N) is 2. The van der Waals surface area contributed by atoms with Gasteiger partial charge in [-0.15, -0.1) is 16.2 Å². The lowest BCUT2D eigenvalue weighted by atomic mass is 9.87. The van der Waals surface area contributed by atoms with Crippen LogP contribution in [0.3, 0.4) is 0 Å². The van der Waals surface area contributed by atoms with E-state index in [0.29, 0.717) is 10.8 Å². The fourth-order valence-corrected chi connectivity index (χ4v) is 5.38. The molecule has 1 aromatic carbocycles. The summed E-state index contributed by atoms with van der Waals surface area (Å²) in [6, 6.07) is 5.15. The van der Waals surface area contributed by atoms with Crippen molar-refractivity contribution in [2.24, 2.45) is 5.92 Å². The van der Waals surface area contributed by atoms with Crippen molar-refractivity contribution >= 4 is 33.0 Å². The summed E-state index contributed by atoms with van der Waals surface area (Å²) in [6.07, 6.45) is 3.99. The molecule has 1 amide bonds. The van der Waals surface area contributed by atoms with Gasteiger partial charge in [-0.1, -0.05) is 13.3 Å². The van der Waals surface area contributed by atoms with E-state index in [0.717, 1.165) is 48.3 Å². The summed E-state index contributed by atoms with van der Waals surface area (Å²) >= 11 is 1.34. The van der Waals surface area contributed by atoms with Crippen LogP contribution in [0.4, 0.5) is 5.69 Å². The van der Waals surface area contributed by atoms with Crippen molar-refractivity contribution in [3.63, 3.8) is 0 Å². The lowest BCUT2D eigenvalue weighted by Gasteiger charge is -2.19. The van der Waals surface area contributed by atoms with Gasteiger partial charge in [0.2, 0.25) is 0 Å². The minimum atomic E-state index is -4.35. The maximum Gasteiger partial charge on any atom is 0.293 e. The number of rotatable bonds is 7. The number of nitro groups is 1. The highest BCUT2D eigenvalue weighted by atomic mass is 32.2. The van der Waals surface area contributed by atoms with E-state index in [1.807, 2.05) is 4.83 Å². The number of hydrogen-bond acceptors (Lipinski definition) is 7. The van der Waals surface area contributed by atoms with E-state index in [-0.39, 0.29) is 5.75 Å². The Morgan fingerprint density at radius 3 is 2.79 bits per heavy atom. The van der Waals surface area contributed by atoms with E-state index >= 15 is 0 Å². The summed E-state index contributed by atoms with van der Waals surface area (Å²) in [5.74, 6) is 0.147. The van der Waals surface area contributed by atoms with Gasteiger partial charge in [0.1, 0.15) is 5.75 Å². The summed E-state index contributed by atoms with van der Waals surface area (Å²) in [5.41, 5.74) is 2.63. The number of methoxy groups -OCH3 is 1. The molecule has 1 aliphatic rings. The third-order valence-electron chi connectivity index (χ3n) is 4.94. The number of carbonyl (C=O) groups excluding carboxylic acids is 1. The molecule has 9 nitrogen and oxygen atoms in total. The predicted molar refractivity (Wildman–Crippen MR) is 108 cm³/mol. The lowest BCUT2D eigenvalue weighted by molar-refractivity contribution is -0.387. The molecule has 1 heterocycles. The van der Waals surface area contributed by atoms with E-state index < -0.39 is 31.4 Å². The molecular formula is C18H21N3O6S2. The topological polar surface area (TPSA) is 128 Å². The summed E-state index contributed by atoms with van der Waals surface area (Å²) in [4.78, 5) is 25.8. The molecule has 3 rings (SSSR count). The molecule has 1 aliphatic carbocycles. The molecule has 0 bridgehead atoms. The van der Waals surface area contributed by atoms with Gasteiger partial charge in [0.15, 0.2) is 4.90 Å². The van der Waals surface area contributed by atoms with Crippen LogP contribution in [0.15, 0.2) is 29.2 Å². The molecular weight excluding hydrogens is 418 g/mol. The SMILES string of the molecule is CCC1CCc2sc(C(=O)NNS(=O)(=O)c3ccc(OC)cc3[N+](=O)[O-])cc2C1. The number of amides is 1. The van der Waals surface area contributed by atoms with Gasteiger partial charge in [-0.25, -0.2) is 8.42 Å². The van der Waals surface area contributed by atoms with Crippen LogP contribution >= 0.6 is 11.3 Å². The molecule has 11 heteroatoms. The van der Waals surface area contributed by atoms with Crippen LogP contribution < -0.4 is 15.0 Å². The van der Waals surface area contributed by atoms with E-state index in [1.54, 1.807) is 6.07 Å². The molecule has 156 valence electrons. The number of thiophene rings is 1. The predicted octanol–water partition coefficient (Wildman–Crippen LogP) is 2.80. The van der Waals surface area contributed by atoms with Crippen LogP contribution in [0.5, 0.6) is 5.75 Å². The van der Waals surface area contributed by atoms with Gasteiger partial charge in [-0.2, -0.15) is 0 Å². The molecule has 0 saturated carbocycles. The molecule has 0 aliphatic heterocycles. The number of benzene rings is 1. The number of ether oxygens (including phenoxy) is 1. The Bertz CT molecular complexity index is 1050. The molecule has 29 heavy (non-hydrogen) atoms. The van der Waals surface area contributed by atoms with Crippen LogP contribution in [0.25, 0.3) is 0 Å². The molecule has 1 atom stereocenters. The van der Waals surface area contributed by atoms with Crippen LogP contribution in [0, 0.1) is 16.0 Å². The zero-order chi connectivity index (χ0) is 21.2. The molecule has 0 fully saturated rings. The number of aryl methyl sites for hydroxylation is 1. The second-order valence-corrected chi connectivity index (χ2v) is 9.51. The normalized spacial score (nSPS) is 16.1. The Hall–Kier alpha value is -2.50. The third kappa shape index (κ3) is 4.57. The highest BCUT2D eigenvalue weighted by Crippen LogP contribution is 2.33. The van der Waals surface area contributed by atoms with Gasteiger partial charge < -0.3 is 4.74 Å². The molecule has 0 radical (unpaired) electrons. The molecule has 2 aromatic rings. The monoisotopic (exact) mass is 439 g/mol. The molecule has 1 aromatic heterocycles. The number of fused-ring (bicyclic) bond motifs is 1. The Balaban J connectivity index is 1.75. The Morgan fingerprint density at radius 2 is 2.14 bits per heavy atom. The fourth-order valence-electron chi connectivity index (χ4n) is 3.28. The maximum atomic E-state index is 12.5. The average molecular weight is 440 g/mol. The van der Waals surface area contributed by atoms with Gasteiger partial charge in [0.25, 0.3) is 21.6 Å². The molecule has 1 unspecified atom stereocenters. The largest absolute Gasteiger partial charge is 0.497 e. The van der Waals surface area contributed by atoms with Crippen molar-refractivity contribution in [1.29, 1.82) is 0 Å². The van der Waals surface area contributed by atoms with Gasteiger partial charge >= 0.3 is 0 Å². The first-order chi connectivity index (χ1) is 13.7. The second-order valence-electron chi connectivity index (χ2n) is 6.73. The van der Waals surface area contributed by atoms with E-state index in [9.17, 15) is 23.3 Å². The Labute approximate surface area is 172 Å². The van der Waals surface area contributed by atoms with Gasteiger partial charge in [-0.05, 0) is 48.9 Å². The van der Waals surface area contributed by atoms with Crippen LogP contribution in [-0.4, -0.2) is 26.4 Å². The lowest BCUT2D eigenvalue weighted by Crippen LogP contribution is -2.41. The maximum absolute atomic E-state index is 12.5. The fraction of sp³-hybridized carbons (Fsp3) is 0.389. The van der Waals surface area contributed by atoms with Crippen molar-refractivity contribution < 1.29 is 22.9 Å². The first-order valence-electron chi connectivity index (χ1n) is 9.01. The van der Waals surface area contributed by atoms with Crippen molar-refractivity contribution in [3.8, 4) is 5.75 Å². The Morgan fingerprint density at radius 1 is 1.38 bits per heavy atom. The summed E-state index contributed by atoms with van der Waals surface area (Å²) in [5, 5.41) is 11.2. The van der Waals surface area contributed by atoms with E-state index in [2.05, 4.69) is 12.3 Å². The first kappa shape index (κ1) is 21.2. The molecule has 0 spiro atoms. The van der Waals surface area contributed by atoms with E-state index in [4.69, 9.17) is 4.74 Å². The van der Waals surface area contributed by atoms with Crippen molar-refractivity contribution in [2.45, 2.75) is 37.5 Å². The number of nitro benzene ring substituents is 1. The van der Waals surface area contributed by atoms with Crippen LogP contribution in [0.1, 0.15) is 39.9 Å². The second kappa shape index (κ2) is 8.47. The number of carbonyl (C=O) groups is 1. The molecule has 2 N–H and O–H groups in total. The van der Waals surface area contributed by atoms with Gasteiger partial charge in [0.05, 0.1) is 23.0 Å². The zero-order valence-corrected chi connectivity index (χ0v) is 17.6. The quantitative estimate of drug-likeness (QED) is 0.504. The third-order valence-corrected chi connectivity index (χ3v) is 7.47. The van der Waals surface area contributed by atoms with Gasteiger partial charge in [-0.3, -0.25) is 20.3 Å². The summed E-state index contributed by atoms with van der Waals surface area (Å²) in [6.45, 7) is 2.14. The zero-order valence-electron chi connectivity index (χ0n) is 15.9. The Kier molecular flexibility index (Phi) is 6.20. The van der Waals surface area contributed by atoms with Crippen LogP contribution in [-0.2, 0) is 22.9 Å². The number of nitrogens with zero attached hydrogens (tertiary/aromatic N) is 1. The number of hydrogen-bond donors (Lipinski definition) is 2. The average Bonchev–Trinajstić information content (AvgIpc) is 3.14.